The fourth-order valence-electron chi connectivity index (χ4n) is 1.69. The molecule has 0 atom stereocenters. The Kier molecular flexibility index (Phi) is 13.6. The quantitative estimate of drug-likeness (QED) is 0.374. The Balaban J connectivity index is 1.98. The number of hydrogen-bond donors (Lipinski definition) is 2. The monoisotopic (exact) mass is 407 g/mol. The second-order valence-electron chi connectivity index (χ2n) is 4.52. The van der Waals surface area contributed by atoms with Gasteiger partial charge in [0.2, 0.25) is 0 Å². The van der Waals surface area contributed by atoms with E-state index in [9.17, 15) is 4.79 Å². The molecule has 0 heterocycles. The van der Waals surface area contributed by atoms with Gasteiger partial charge in [-0.2, -0.15) is 47.9 Å². The molecule has 0 radical (unpaired) electrons. The van der Waals surface area contributed by atoms with E-state index in [4.69, 9.17) is 9.47 Å². The summed E-state index contributed by atoms with van der Waals surface area (Å²) in [7, 11) is 1.57. The van der Waals surface area contributed by atoms with Crippen LogP contribution >= 0.6 is 47.9 Å². The molecule has 0 saturated heterocycles. The Hall–Kier alpha value is -0.310. The molecule has 0 saturated carbocycles. The predicted octanol–water partition coefficient (Wildman–Crippen LogP) is 4.37. The molecule has 0 fully saturated rings. The zero-order valence-corrected chi connectivity index (χ0v) is 17.2. The van der Waals surface area contributed by atoms with Crippen molar-refractivity contribution in [3.8, 4) is 5.75 Å². The third-order valence-corrected chi connectivity index (χ3v) is 6.75. The molecule has 0 aliphatic carbocycles. The first-order valence-electron chi connectivity index (χ1n) is 7.68. The SMILES string of the molecule is COc1ccccc1NC(=O)OCCSCCSCCSCCS. The van der Waals surface area contributed by atoms with Crippen molar-refractivity contribution in [3.63, 3.8) is 0 Å². The van der Waals surface area contributed by atoms with Gasteiger partial charge in [0.1, 0.15) is 12.4 Å². The van der Waals surface area contributed by atoms with Gasteiger partial charge in [-0.25, -0.2) is 4.79 Å². The van der Waals surface area contributed by atoms with Gasteiger partial charge in [0.15, 0.2) is 0 Å². The molecule has 1 rings (SSSR count). The summed E-state index contributed by atoms with van der Waals surface area (Å²) in [5, 5.41) is 2.69. The van der Waals surface area contributed by atoms with E-state index in [2.05, 4.69) is 17.9 Å². The molecule has 0 bridgehead atoms. The number of thiol groups is 1. The summed E-state index contributed by atoms with van der Waals surface area (Å²) in [6.45, 7) is 0.411. The van der Waals surface area contributed by atoms with E-state index in [0.717, 1.165) is 28.8 Å². The van der Waals surface area contributed by atoms with Gasteiger partial charge in [-0.3, -0.25) is 5.32 Å². The summed E-state index contributed by atoms with van der Waals surface area (Å²) in [5.74, 6) is 8.13. The summed E-state index contributed by atoms with van der Waals surface area (Å²) < 4.78 is 10.3. The number of rotatable bonds is 13. The Morgan fingerprint density at radius 1 is 1.04 bits per heavy atom. The second kappa shape index (κ2) is 15.0. The molecular formula is C16H25NO3S4. The highest BCUT2D eigenvalue weighted by Crippen LogP contribution is 2.23. The first-order valence-corrected chi connectivity index (χ1v) is 11.8. The summed E-state index contributed by atoms with van der Waals surface area (Å²) in [4.78, 5) is 11.7. The van der Waals surface area contributed by atoms with Gasteiger partial charge in [0, 0.05) is 34.5 Å². The van der Waals surface area contributed by atoms with Crippen LogP contribution in [0.4, 0.5) is 10.5 Å². The lowest BCUT2D eigenvalue weighted by molar-refractivity contribution is 0.169. The number of para-hydroxylation sites is 2. The van der Waals surface area contributed by atoms with Crippen LogP contribution < -0.4 is 10.1 Å². The van der Waals surface area contributed by atoms with E-state index in [-0.39, 0.29) is 0 Å². The summed E-state index contributed by atoms with van der Waals surface area (Å²) >= 11 is 9.92. The maximum Gasteiger partial charge on any atom is 0.411 e. The molecule has 24 heavy (non-hydrogen) atoms. The summed E-state index contributed by atoms with van der Waals surface area (Å²) in [6, 6.07) is 7.26. The van der Waals surface area contributed by atoms with Crippen LogP contribution in [-0.4, -0.2) is 60.1 Å². The Labute approximate surface area is 163 Å². The molecule has 8 heteroatoms. The highest BCUT2D eigenvalue weighted by molar-refractivity contribution is 8.04. The molecule has 0 spiro atoms. The lowest BCUT2D eigenvalue weighted by atomic mass is 10.3. The van der Waals surface area contributed by atoms with Crippen molar-refractivity contribution in [2.75, 3.05) is 59.3 Å². The largest absolute Gasteiger partial charge is 0.495 e. The molecule has 0 aliphatic rings. The highest BCUT2D eigenvalue weighted by atomic mass is 32.2. The molecule has 1 aromatic rings. The van der Waals surface area contributed by atoms with Crippen molar-refractivity contribution in [1.29, 1.82) is 0 Å². The lowest BCUT2D eigenvalue weighted by Gasteiger charge is -2.10. The van der Waals surface area contributed by atoms with Crippen LogP contribution in [0.3, 0.4) is 0 Å². The topological polar surface area (TPSA) is 47.6 Å². The number of carbonyl (C=O) groups excluding carboxylic acids is 1. The van der Waals surface area contributed by atoms with Gasteiger partial charge >= 0.3 is 6.09 Å². The van der Waals surface area contributed by atoms with E-state index >= 15 is 0 Å². The molecule has 1 aromatic carbocycles. The zero-order valence-electron chi connectivity index (χ0n) is 13.9. The minimum atomic E-state index is -0.448. The number of nitrogens with one attached hydrogen (secondary N) is 1. The van der Waals surface area contributed by atoms with Gasteiger partial charge in [-0.05, 0) is 17.9 Å². The Morgan fingerprint density at radius 2 is 1.67 bits per heavy atom. The summed E-state index contributed by atoms with van der Waals surface area (Å²) in [6.07, 6.45) is -0.448. The normalized spacial score (nSPS) is 10.4. The Bertz CT molecular complexity index is 463. The van der Waals surface area contributed by atoms with Crippen LogP contribution in [-0.2, 0) is 4.74 Å². The molecule has 0 aromatic heterocycles. The minimum absolute atomic E-state index is 0.411. The number of hydrogen-bond acceptors (Lipinski definition) is 7. The van der Waals surface area contributed by atoms with E-state index < -0.39 is 6.09 Å². The van der Waals surface area contributed by atoms with Crippen molar-refractivity contribution < 1.29 is 14.3 Å². The maximum absolute atomic E-state index is 11.7. The summed E-state index contributed by atoms with van der Waals surface area (Å²) in [5.41, 5.74) is 0.616. The van der Waals surface area contributed by atoms with Crippen LogP contribution in [0.1, 0.15) is 0 Å². The van der Waals surface area contributed by atoms with Gasteiger partial charge in [-0.15, -0.1) is 0 Å². The molecule has 0 unspecified atom stereocenters. The number of ether oxygens (including phenoxy) is 2. The molecule has 1 N–H and O–H groups in total. The molecule has 136 valence electrons. The van der Waals surface area contributed by atoms with Gasteiger partial charge in [0.05, 0.1) is 12.8 Å². The standard InChI is InChI=1S/C16H25NO3S4/c1-19-15-5-3-2-4-14(15)17-16(18)20-6-8-22-10-12-24-13-11-23-9-7-21/h2-5,21H,6-13H2,1H3,(H,17,18). The van der Waals surface area contributed by atoms with Crippen molar-refractivity contribution in [3.05, 3.63) is 24.3 Å². The molecule has 4 nitrogen and oxygen atoms in total. The second-order valence-corrected chi connectivity index (χ2v) is 8.64. The van der Waals surface area contributed by atoms with Crippen LogP contribution in [0.2, 0.25) is 0 Å². The molecule has 0 aliphatic heterocycles. The number of methoxy groups -OCH3 is 1. The number of anilines is 1. The predicted molar refractivity (Wildman–Crippen MR) is 114 cm³/mol. The average molecular weight is 408 g/mol. The highest BCUT2D eigenvalue weighted by Gasteiger charge is 2.07. The molecule has 1 amide bonds. The van der Waals surface area contributed by atoms with Crippen molar-refractivity contribution in [2.45, 2.75) is 0 Å². The number of carbonyl (C=O) groups is 1. The van der Waals surface area contributed by atoms with Gasteiger partial charge in [-0.1, -0.05) is 12.1 Å². The third-order valence-electron chi connectivity index (χ3n) is 2.78. The van der Waals surface area contributed by atoms with E-state index in [0.29, 0.717) is 18.0 Å². The number of amides is 1. The van der Waals surface area contributed by atoms with Crippen LogP contribution in [0, 0.1) is 0 Å². The third kappa shape index (κ3) is 10.5. The smallest absolute Gasteiger partial charge is 0.411 e. The van der Waals surface area contributed by atoms with E-state index in [1.54, 1.807) is 19.2 Å². The van der Waals surface area contributed by atoms with Gasteiger partial charge < -0.3 is 9.47 Å². The Morgan fingerprint density at radius 3 is 2.33 bits per heavy atom. The lowest BCUT2D eigenvalue weighted by Crippen LogP contribution is -2.15. The van der Waals surface area contributed by atoms with E-state index in [1.807, 2.05) is 47.4 Å². The number of thioether (sulfide) groups is 3. The first-order chi connectivity index (χ1) is 11.8. The van der Waals surface area contributed by atoms with Gasteiger partial charge in [0.25, 0.3) is 0 Å². The first kappa shape index (κ1) is 21.7. The minimum Gasteiger partial charge on any atom is -0.495 e. The van der Waals surface area contributed by atoms with Crippen molar-refractivity contribution in [2.24, 2.45) is 0 Å². The fourth-order valence-corrected chi connectivity index (χ4v) is 4.91. The van der Waals surface area contributed by atoms with Crippen LogP contribution in [0.15, 0.2) is 24.3 Å². The maximum atomic E-state index is 11.7. The number of benzene rings is 1. The van der Waals surface area contributed by atoms with Crippen LogP contribution in [0.5, 0.6) is 5.75 Å². The van der Waals surface area contributed by atoms with Crippen LogP contribution in [0.25, 0.3) is 0 Å². The average Bonchev–Trinajstić information content (AvgIpc) is 2.60. The van der Waals surface area contributed by atoms with Crippen molar-refractivity contribution >= 4 is 59.7 Å². The van der Waals surface area contributed by atoms with Crippen molar-refractivity contribution in [1.82, 2.24) is 0 Å². The fraction of sp³-hybridized carbons (Fsp3) is 0.562. The molecular weight excluding hydrogens is 382 g/mol. The zero-order chi connectivity index (χ0) is 17.5. The van der Waals surface area contributed by atoms with E-state index in [1.165, 1.54) is 11.5 Å².